The van der Waals surface area contributed by atoms with Crippen molar-refractivity contribution in [2.75, 3.05) is 24.2 Å². The van der Waals surface area contributed by atoms with Crippen molar-refractivity contribution in [3.05, 3.63) is 23.8 Å². The molecule has 0 bridgehead atoms. The van der Waals surface area contributed by atoms with Crippen LogP contribution in [-0.4, -0.2) is 13.6 Å². The summed E-state index contributed by atoms with van der Waals surface area (Å²) >= 11 is 0. The molecule has 3 heteroatoms. The molecule has 0 spiro atoms. The van der Waals surface area contributed by atoms with Gasteiger partial charge in [-0.1, -0.05) is 0 Å². The minimum Gasteiger partial charge on any atom is -0.399 e. The van der Waals surface area contributed by atoms with Crippen molar-refractivity contribution in [2.24, 2.45) is 0 Å². The quantitative estimate of drug-likeness (QED) is 0.622. The Bertz CT molecular complexity index is 286. The zero-order valence-corrected chi connectivity index (χ0v) is 7.90. The van der Waals surface area contributed by atoms with Gasteiger partial charge in [0.2, 0.25) is 0 Å². The third kappa shape index (κ3) is 1.34. The zero-order valence-electron chi connectivity index (χ0n) is 7.08. The molecule has 2 nitrogen and oxygen atoms in total. The lowest BCUT2D eigenvalue weighted by atomic mass is 10.1. The topological polar surface area (TPSA) is 29.3 Å². The number of fused-ring (bicyclic) bond motifs is 1. The molecule has 0 saturated carbocycles. The lowest BCUT2D eigenvalue weighted by Gasteiger charge is -2.11. The molecule has 1 aliphatic rings. The SMILES string of the molecule is CN1CCc2cc(N)ccc21.Cl. The number of hydrogen-bond acceptors (Lipinski definition) is 2. The highest BCUT2D eigenvalue weighted by molar-refractivity contribution is 5.85. The van der Waals surface area contributed by atoms with Crippen LogP contribution in [0.1, 0.15) is 5.56 Å². The molecular formula is C9H13ClN2. The fourth-order valence-electron chi connectivity index (χ4n) is 1.59. The molecule has 1 aliphatic heterocycles. The van der Waals surface area contributed by atoms with E-state index in [9.17, 15) is 0 Å². The summed E-state index contributed by atoms with van der Waals surface area (Å²) in [6.07, 6.45) is 1.14. The van der Waals surface area contributed by atoms with E-state index in [1.165, 1.54) is 11.3 Å². The van der Waals surface area contributed by atoms with Gasteiger partial charge in [-0.3, -0.25) is 0 Å². The van der Waals surface area contributed by atoms with Crippen LogP contribution in [0.25, 0.3) is 0 Å². The van der Waals surface area contributed by atoms with Crippen molar-refractivity contribution >= 4 is 23.8 Å². The first-order valence-corrected chi connectivity index (χ1v) is 3.87. The van der Waals surface area contributed by atoms with Crippen molar-refractivity contribution in [3.63, 3.8) is 0 Å². The molecule has 0 atom stereocenters. The van der Waals surface area contributed by atoms with Crippen LogP contribution in [-0.2, 0) is 6.42 Å². The second kappa shape index (κ2) is 3.23. The largest absolute Gasteiger partial charge is 0.399 e. The minimum atomic E-state index is 0. The van der Waals surface area contributed by atoms with E-state index < -0.39 is 0 Å². The van der Waals surface area contributed by atoms with Crippen molar-refractivity contribution in [2.45, 2.75) is 6.42 Å². The summed E-state index contributed by atoms with van der Waals surface area (Å²) in [4.78, 5) is 2.26. The summed E-state index contributed by atoms with van der Waals surface area (Å²) in [5, 5.41) is 0. The van der Waals surface area contributed by atoms with Crippen molar-refractivity contribution < 1.29 is 0 Å². The van der Waals surface area contributed by atoms with E-state index in [4.69, 9.17) is 5.73 Å². The maximum absolute atomic E-state index is 5.66. The van der Waals surface area contributed by atoms with E-state index in [1.54, 1.807) is 0 Å². The summed E-state index contributed by atoms with van der Waals surface area (Å²) < 4.78 is 0. The van der Waals surface area contributed by atoms with Crippen LogP contribution in [0.3, 0.4) is 0 Å². The van der Waals surface area contributed by atoms with Gasteiger partial charge < -0.3 is 10.6 Å². The molecule has 0 saturated heterocycles. The molecule has 0 aromatic heterocycles. The van der Waals surface area contributed by atoms with E-state index in [-0.39, 0.29) is 12.4 Å². The standard InChI is InChI=1S/C9H12N2.ClH/c1-11-5-4-7-6-8(10)2-3-9(7)11;/h2-3,6H,4-5,10H2,1H3;1H. The van der Waals surface area contributed by atoms with Gasteiger partial charge in [-0.25, -0.2) is 0 Å². The molecule has 1 aromatic rings. The number of rotatable bonds is 0. The van der Waals surface area contributed by atoms with Crippen LogP contribution in [0, 0.1) is 0 Å². The molecule has 0 aliphatic carbocycles. The molecule has 0 fully saturated rings. The number of nitrogen functional groups attached to an aromatic ring is 1. The third-order valence-corrected chi connectivity index (χ3v) is 2.23. The molecule has 0 radical (unpaired) electrons. The van der Waals surface area contributed by atoms with Gasteiger partial charge in [-0.15, -0.1) is 12.4 Å². The van der Waals surface area contributed by atoms with Gasteiger partial charge in [-0.2, -0.15) is 0 Å². The van der Waals surface area contributed by atoms with Gasteiger partial charge in [0.15, 0.2) is 0 Å². The van der Waals surface area contributed by atoms with Gasteiger partial charge in [0.05, 0.1) is 0 Å². The number of nitrogens with two attached hydrogens (primary N) is 1. The van der Waals surface area contributed by atoms with Crippen molar-refractivity contribution in [1.29, 1.82) is 0 Å². The first kappa shape index (κ1) is 9.20. The normalized spacial score (nSPS) is 13.9. The Balaban J connectivity index is 0.000000720. The number of nitrogens with zero attached hydrogens (tertiary/aromatic N) is 1. The average Bonchev–Trinajstić information content (AvgIpc) is 2.32. The molecule has 2 rings (SSSR count). The smallest absolute Gasteiger partial charge is 0.0398 e. The fraction of sp³-hybridized carbons (Fsp3) is 0.333. The van der Waals surface area contributed by atoms with Gasteiger partial charge in [-0.05, 0) is 30.2 Å². The Hall–Kier alpha value is -0.890. The first-order chi connectivity index (χ1) is 5.27. The van der Waals surface area contributed by atoms with Crippen LogP contribution in [0.5, 0.6) is 0 Å². The molecule has 1 heterocycles. The Morgan fingerprint density at radius 2 is 2.17 bits per heavy atom. The van der Waals surface area contributed by atoms with Crippen LogP contribution in [0.2, 0.25) is 0 Å². The number of likely N-dealkylation sites (N-methyl/N-ethyl adjacent to an activating group) is 1. The Kier molecular flexibility index (Phi) is 2.48. The predicted octanol–water partition coefficient (Wildman–Crippen LogP) is 1.68. The second-order valence-electron chi connectivity index (χ2n) is 3.06. The molecular weight excluding hydrogens is 172 g/mol. The third-order valence-electron chi connectivity index (χ3n) is 2.23. The number of halogens is 1. The van der Waals surface area contributed by atoms with E-state index in [0.29, 0.717) is 0 Å². The monoisotopic (exact) mass is 184 g/mol. The fourth-order valence-corrected chi connectivity index (χ4v) is 1.59. The van der Waals surface area contributed by atoms with E-state index in [0.717, 1.165) is 18.7 Å². The second-order valence-corrected chi connectivity index (χ2v) is 3.06. The van der Waals surface area contributed by atoms with Crippen molar-refractivity contribution in [3.8, 4) is 0 Å². The van der Waals surface area contributed by atoms with Crippen LogP contribution < -0.4 is 10.6 Å². The first-order valence-electron chi connectivity index (χ1n) is 3.87. The summed E-state index contributed by atoms with van der Waals surface area (Å²) in [6.45, 7) is 1.12. The summed E-state index contributed by atoms with van der Waals surface area (Å²) in [6, 6.07) is 6.12. The van der Waals surface area contributed by atoms with Gasteiger partial charge >= 0.3 is 0 Å². The van der Waals surface area contributed by atoms with Gasteiger partial charge in [0.1, 0.15) is 0 Å². The highest BCUT2D eigenvalue weighted by Gasteiger charge is 2.14. The van der Waals surface area contributed by atoms with Crippen LogP contribution >= 0.6 is 12.4 Å². The lowest BCUT2D eigenvalue weighted by Crippen LogP contribution is -2.12. The van der Waals surface area contributed by atoms with E-state index in [1.807, 2.05) is 6.07 Å². The minimum absolute atomic E-state index is 0. The molecule has 0 amide bonds. The molecule has 12 heavy (non-hydrogen) atoms. The summed E-state index contributed by atoms with van der Waals surface area (Å²) in [5.41, 5.74) is 9.25. The van der Waals surface area contributed by atoms with Crippen LogP contribution in [0.15, 0.2) is 18.2 Å². The summed E-state index contributed by atoms with van der Waals surface area (Å²) in [7, 11) is 2.11. The predicted molar refractivity (Wildman–Crippen MR) is 55.1 cm³/mol. The number of benzene rings is 1. The molecule has 1 aromatic carbocycles. The van der Waals surface area contributed by atoms with Crippen LogP contribution in [0.4, 0.5) is 11.4 Å². The lowest BCUT2D eigenvalue weighted by molar-refractivity contribution is 0.956. The number of hydrogen-bond donors (Lipinski definition) is 1. The summed E-state index contributed by atoms with van der Waals surface area (Å²) in [5.74, 6) is 0. The van der Waals surface area contributed by atoms with E-state index in [2.05, 4.69) is 24.1 Å². The highest BCUT2D eigenvalue weighted by atomic mass is 35.5. The molecule has 66 valence electrons. The van der Waals surface area contributed by atoms with Gasteiger partial charge in [0.25, 0.3) is 0 Å². The maximum atomic E-state index is 5.66. The zero-order chi connectivity index (χ0) is 7.84. The van der Waals surface area contributed by atoms with E-state index >= 15 is 0 Å². The van der Waals surface area contributed by atoms with Gasteiger partial charge in [0, 0.05) is 25.0 Å². The average molecular weight is 185 g/mol. The Morgan fingerprint density at radius 1 is 1.42 bits per heavy atom. The molecule has 2 N–H and O–H groups in total. The Morgan fingerprint density at radius 3 is 2.92 bits per heavy atom. The maximum Gasteiger partial charge on any atom is 0.0398 e. The number of anilines is 2. The Labute approximate surface area is 78.8 Å². The van der Waals surface area contributed by atoms with Crippen molar-refractivity contribution in [1.82, 2.24) is 0 Å². The highest BCUT2D eigenvalue weighted by Crippen LogP contribution is 2.27. The molecule has 0 unspecified atom stereocenters.